The lowest BCUT2D eigenvalue weighted by molar-refractivity contribution is -0.122. The van der Waals surface area contributed by atoms with Crippen LogP contribution in [0.2, 0.25) is 0 Å². The van der Waals surface area contributed by atoms with Crippen LogP contribution in [0.25, 0.3) is 0 Å². The SMILES string of the molecule is COc1ccc(NC(=O)[C@@H]2[C@@H](c3ccc(C)nc3)[C@H]3O[C@@H]2C2C(C)C23)cn1.[HH]. The van der Waals surface area contributed by atoms with Crippen molar-refractivity contribution in [1.82, 2.24) is 9.97 Å². The predicted octanol–water partition coefficient (Wildman–Crippen LogP) is 3.04. The molecule has 2 aromatic heterocycles. The van der Waals surface area contributed by atoms with Crippen LogP contribution in [0.1, 0.15) is 25.5 Å². The number of aryl methyl sites for hydroxylation is 1. The van der Waals surface area contributed by atoms with E-state index in [0.717, 1.165) is 11.3 Å². The second-order valence-electron chi connectivity index (χ2n) is 7.94. The molecule has 2 saturated heterocycles. The third kappa shape index (κ3) is 2.54. The van der Waals surface area contributed by atoms with Crippen LogP contribution in [-0.4, -0.2) is 35.2 Å². The highest BCUT2D eigenvalue weighted by atomic mass is 16.5. The molecule has 1 N–H and O–H groups in total. The lowest BCUT2D eigenvalue weighted by Gasteiger charge is -2.27. The summed E-state index contributed by atoms with van der Waals surface area (Å²) in [4.78, 5) is 21.8. The van der Waals surface area contributed by atoms with Gasteiger partial charge in [0.2, 0.25) is 11.8 Å². The van der Waals surface area contributed by atoms with Crippen LogP contribution in [0.15, 0.2) is 36.7 Å². The van der Waals surface area contributed by atoms with Crippen molar-refractivity contribution in [3.8, 4) is 5.88 Å². The average molecular weight is 367 g/mol. The molecule has 1 aliphatic carbocycles. The first-order valence-corrected chi connectivity index (χ1v) is 9.47. The van der Waals surface area contributed by atoms with Crippen LogP contribution in [-0.2, 0) is 9.53 Å². The Balaban J connectivity index is 0.00000192. The van der Waals surface area contributed by atoms with E-state index in [1.54, 1.807) is 19.4 Å². The highest BCUT2D eigenvalue weighted by Crippen LogP contribution is 2.68. The molecule has 142 valence electrons. The lowest BCUT2D eigenvalue weighted by Crippen LogP contribution is -2.37. The molecule has 0 radical (unpaired) electrons. The Morgan fingerprint density at radius 2 is 1.96 bits per heavy atom. The number of carbonyl (C=O) groups is 1. The van der Waals surface area contributed by atoms with Crippen LogP contribution in [0.5, 0.6) is 5.88 Å². The number of ether oxygens (including phenoxy) is 2. The van der Waals surface area contributed by atoms with Crippen LogP contribution in [0.3, 0.4) is 0 Å². The fourth-order valence-electron chi connectivity index (χ4n) is 5.17. The van der Waals surface area contributed by atoms with Crippen molar-refractivity contribution in [2.75, 3.05) is 12.4 Å². The maximum atomic E-state index is 13.2. The van der Waals surface area contributed by atoms with Crippen LogP contribution < -0.4 is 10.1 Å². The normalized spacial score (nSPS) is 35.6. The van der Waals surface area contributed by atoms with Gasteiger partial charge in [-0.25, -0.2) is 4.98 Å². The first kappa shape index (κ1) is 16.7. The minimum atomic E-state index is -0.201. The van der Waals surface area contributed by atoms with Gasteiger partial charge >= 0.3 is 0 Å². The molecule has 7 atom stereocenters. The molecule has 5 rings (SSSR count). The summed E-state index contributed by atoms with van der Waals surface area (Å²) in [6.07, 6.45) is 3.63. The monoisotopic (exact) mass is 367 g/mol. The van der Waals surface area contributed by atoms with E-state index >= 15 is 0 Å². The number of anilines is 1. The van der Waals surface area contributed by atoms with Gasteiger partial charge in [0.1, 0.15) is 0 Å². The third-order valence-electron chi connectivity index (χ3n) is 6.52. The lowest BCUT2D eigenvalue weighted by atomic mass is 9.75. The molecule has 3 unspecified atom stereocenters. The van der Waals surface area contributed by atoms with Gasteiger partial charge in [-0.1, -0.05) is 13.0 Å². The number of nitrogens with one attached hydrogen (secondary N) is 1. The molecule has 6 nitrogen and oxygen atoms in total. The van der Waals surface area contributed by atoms with Gasteiger partial charge in [0, 0.05) is 25.3 Å². The number of hydrogen-bond donors (Lipinski definition) is 1. The van der Waals surface area contributed by atoms with E-state index < -0.39 is 0 Å². The van der Waals surface area contributed by atoms with Crippen molar-refractivity contribution in [3.05, 3.63) is 47.9 Å². The van der Waals surface area contributed by atoms with Gasteiger partial charge in [-0.05, 0) is 42.4 Å². The zero-order valence-electron chi connectivity index (χ0n) is 15.6. The van der Waals surface area contributed by atoms with Crippen LogP contribution in [0.4, 0.5) is 5.69 Å². The summed E-state index contributed by atoms with van der Waals surface area (Å²) in [5.41, 5.74) is 2.74. The topological polar surface area (TPSA) is 73.3 Å². The Labute approximate surface area is 159 Å². The van der Waals surface area contributed by atoms with Gasteiger partial charge in [0.25, 0.3) is 0 Å². The number of fused-ring (bicyclic) bond motifs is 5. The Hall–Kier alpha value is -2.47. The smallest absolute Gasteiger partial charge is 0.230 e. The van der Waals surface area contributed by atoms with Crippen molar-refractivity contribution < 1.29 is 15.7 Å². The molecule has 1 amide bonds. The molecule has 0 aromatic carbocycles. The van der Waals surface area contributed by atoms with E-state index in [4.69, 9.17) is 9.47 Å². The van der Waals surface area contributed by atoms with E-state index in [9.17, 15) is 4.79 Å². The van der Waals surface area contributed by atoms with E-state index in [0.29, 0.717) is 29.3 Å². The standard InChI is InChI=1S/C21H23N3O3.H2/c1-10-4-5-12(8-22-10)17-18(20-16-11(2)15(16)19(17)27-20)21(25)24-13-6-7-14(26-3)23-9-13;/h4-9,11,15-20H,1-3H3,(H,24,25);1H/t11?,15?,16?,17-,18-,19+,20-;/m1./s1. The van der Waals surface area contributed by atoms with Crippen molar-refractivity contribution in [3.63, 3.8) is 0 Å². The quantitative estimate of drug-likeness (QED) is 0.899. The number of amides is 1. The molecule has 3 fully saturated rings. The highest BCUT2D eigenvalue weighted by Gasteiger charge is 2.72. The van der Waals surface area contributed by atoms with E-state index in [-0.39, 0.29) is 31.4 Å². The van der Waals surface area contributed by atoms with E-state index in [1.165, 1.54) is 0 Å². The summed E-state index contributed by atoms with van der Waals surface area (Å²) in [5, 5.41) is 3.03. The van der Waals surface area contributed by atoms with Crippen LogP contribution in [0, 0.1) is 30.6 Å². The number of aromatic nitrogens is 2. The summed E-state index contributed by atoms with van der Waals surface area (Å²) in [6.45, 7) is 4.25. The maximum Gasteiger partial charge on any atom is 0.230 e. The number of nitrogens with zero attached hydrogens (tertiary/aromatic N) is 2. The zero-order valence-corrected chi connectivity index (χ0v) is 15.6. The van der Waals surface area contributed by atoms with Gasteiger partial charge in [-0.15, -0.1) is 0 Å². The van der Waals surface area contributed by atoms with E-state index in [2.05, 4.69) is 28.3 Å². The molecule has 2 bridgehead atoms. The first-order chi connectivity index (χ1) is 13.1. The third-order valence-corrected chi connectivity index (χ3v) is 6.52. The maximum absolute atomic E-state index is 13.2. The Kier molecular flexibility index (Phi) is 3.72. The minimum absolute atomic E-state index is 0. The van der Waals surface area contributed by atoms with Gasteiger partial charge < -0.3 is 14.8 Å². The van der Waals surface area contributed by atoms with Crippen molar-refractivity contribution in [1.29, 1.82) is 0 Å². The second kappa shape index (κ2) is 6.02. The molecular formula is C21H25N3O3. The molecule has 6 heteroatoms. The summed E-state index contributed by atoms with van der Waals surface area (Å²) >= 11 is 0. The summed E-state index contributed by atoms with van der Waals surface area (Å²) in [6, 6.07) is 7.65. The zero-order chi connectivity index (χ0) is 18.7. The number of methoxy groups -OCH3 is 1. The van der Waals surface area contributed by atoms with Crippen LogP contribution >= 0.6 is 0 Å². The second-order valence-corrected chi connectivity index (χ2v) is 7.94. The van der Waals surface area contributed by atoms with Gasteiger partial charge in [-0.2, -0.15) is 0 Å². The van der Waals surface area contributed by atoms with Gasteiger partial charge in [0.05, 0.1) is 37.1 Å². The molecule has 0 spiro atoms. The average Bonchev–Trinajstić information content (AvgIpc) is 3.03. The number of rotatable bonds is 4. The number of pyridine rings is 2. The number of carbonyl (C=O) groups excluding carboxylic acids is 1. The molecule has 2 aliphatic heterocycles. The summed E-state index contributed by atoms with van der Waals surface area (Å²) in [5.74, 6) is 2.10. The van der Waals surface area contributed by atoms with Gasteiger partial charge in [-0.3, -0.25) is 9.78 Å². The molecule has 1 saturated carbocycles. The molecular weight excluding hydrogens is 342 g/mol. The van der Waals surface area contributed by atoms with Crippen molar-refractivity contribution in [2.45, 2.75) is 32.0 Å². The molecule has 2 aromatic rings. The number of hydrogen-bond acceptors (Lipinski definition) is 5. The largest absolute Gasteiger partial charge is 0.481 e. The summed E-state index contributed by atoms with van der Waals surface area (Å²) in [7, 11) is 1.57. The fraction of sp³-hybridized carbons (Fsp3) is 0.476. The van der Waals surface area contributed by atoms with Crippen molar-refractivity contribution in [2.24, 2.45) is 23.7 Å². The summed E-state index contributed by atoms with van der Waals surface area (Å²) < 4.78 is 11.4. The minimum Gasteiger partial charge on any atom is -0.481 e. The van der Waals surface area contributed by atoms with E-state index in [1.807, 2.05) is 25.3 Å². The van der Waals surface area contributed by atoms with Gasteiger partial charge in [0.15, 0.2) is 0 Å². The predicted molar refractivity (Wildman–Crippen MR) is 102 cm³/mol. The van der Waals surface area contributed by atoms with Crippen molar-refractivity contribution >= 4 is 11.6 Å². The Morgan fingerprint density at radius 3 is 2.63 bits per heavy atom. The Bertz CT molecular complexity index is 873. The first-order valence-electron chi connectivity index (χ1n) is 9.47. The molecule has 4 heterocycles. The molecule has 27 heavy (non-hydrogen) atoms. The Morgan fingerprint density at radius 1 is 1.15 bits per heavy atom. The molecule has 3 aliphatic rings. The fourth-order valence-corrected chi connectivity index (χ4v) is 5.17. The highest BCUT2D eigenvalue weighted by molar-refractivity contribution is 5.94.